The minimum absolute atomic E-state index is 0.493. The van der Waals surface area contributed by atoms with Gasteiger partial charge in [-0.3, -0.25) is 0 Å². The van der Waals surface area contributed by atoms with Gasteiger partial charge in [-0.25, -0.2) is 0 Å². The summed E-state index contributed by atoms with van der Waals surface area (Å²) < 4.78 is 0. The van der Waals surface area contributed by atoms with Gasteiger partial charge in [0.15, 0.2) is 0 Å². The summed E-state index contributed by atoms with van der Waals surface area (Å²) in [7, 11) is 0. The minimum atomic E-state index is 0.493. The maximum absolute atomic E-state index is 5.94. The Kier molecular flexibility index (Phi) is 8.45. The van der Waals surface area contributed by atoms with Crippen molar-refractivity contribution in [2.75, 3.05) is 5.73 Å². The lowest BCUT2D eigenvalue weighted by atomic mass is 9.82. The highest BCUT2D eigenvalue weighted by atomic mass is 14.5. The van der Waals surface area contributed by atoms with Crippen LogP contribution in [-0.2, 0) is 0 Å². The van der Waals surface area contributed by atoms with E-state index in [0.717, 1.165) is 11.6 Å². The number of hydrogen-bond acceptors (Lipinski definition) is 1. The van der Waals surface area contributed by atoms with E-state index in [0.29, 0.717) is 5.92 Å². The van der Waals surface area contributed by atoms with Crippen LogP contribution in [0.3, 0.4) is 0 Å². The van der Waals surface area contributed by atoms with Gasteiger partial charge < -0.3 is 5.73 Å². The van der Waals surface area contributed by atoms with Crippen LogP contribution in [0, 0.1) is 0 Å². The van der Waals surface area contributed by atoms with Crippen molar-refractivity contribution in [2.24, 2.45) is 0 Å². The third-order valence-corrected chi connectivity index (χ3v) is 6.60. The van der Waals surface area contributed by atoms with Gasteiger partial charge in [0.1, 0.15) is 0 Å². The molecule has 2 aromatic carbocycles. The normalized spacial score (nSPS) is 16.2. The van der Waals surface area contributed by atoms with Crippen molar-refractivity contribution in [2.45, 2.75) is 95.8 Å². The van der Waals surface area contributed by atoms with Crippen LogP contribution >= 0.6 is 0 Å². The first kappa shape index (κ1) is 21.0. The highest BCUT2D eigenvalue weighted by Gasteiger charge is 2.18. The number of rotatable bonds is 10. The third kappa shape index (κ3) is 6.12. The van der Waals surface area contributed by atoms with Crippen LogP contribution in [0.4, 0.5) is 5.69 Å². The van der Waals surface area contributed by atoms with E-state index in [4.69, 9.17) is 5.73 Å². The Morgan fingerprint density at radius 1 is 0.750 bits per heavy atom. The Balaban J connectivity index is 1.67. The van der Waals surface area contributed by atoms with Gasteiger partial charge >= 0.3 is 0 Å². The molecule has 0 saturated heterocycles. The molecule has 1 saturated carbocycles. The van der Waals surface area contributed by atoms with Crippen LogP contribution in [0.5, 0.6) is 0 Å². The fourth-order valence-corrected chi connectivity index (χ4v) is 4.82. The molecule has 0 radical (unpaired) electrons. The zero-order valence-corrected chi connectivity index (χ0v) is 17.8. The number of nitrogen functional groups attached to an aromatic ring is 1. The molecule has 0 aromatic heterocycles. The maximum Gasteiger partial charge on any atom is 0.0314 e. The van der Waals surface area contributed by atoms with Crippen molar-refractivity contribution in [3.05, 3.63) is 65.2 Å². The van der Waals surface area contributed by atoms with Gasteiger partial charge in [0.2, 0.25) is 0 Å². The average molecular weight is 378 g/mol. The van der Waals surface area contributed by atoms with Gasteiger partial charge in [0.05, 0.1) is 0 Å². The van der Waals surface area contributed by atoms with E-state index in [9.17, 15) is 0 Å². The van der Waals surface area contributed by atoms with E-state index in [-0.39, 0.29) is 0 Å². The largest absolute Gasteiger partial charge is 0.399 e. The molecule has 1 aliphatic rings. The van der Waals surface area contributed by atoms with Crippen molar-refractivity contribution in [3.63, 3.8) is 0 Å². The number of hydrogen-bond donors (Lipinski definition) is 1. The lowest BCUT2D eigenvalue weighted by molar-refractivity contribution is 0.443. The first-order valence-electron chi connectivity index (χ1n) is 11.7. The maximum atomic E-state index is 5.94. The van der Waals surface area contributed by atoms with E-state index >= 15 is 0 Å². The fourth-order valence-electron chi connectivity index (χ4n) is 4.82. The highest BCUT2D eigenvalue weighted by Crippen LogP contribution is 2.35. The highest BCUT2D eigenvalue weighted by molar-refractivity contribution is 5.43. The molecular weight excluding hydrogens is 338 g/mol. The lowest BCUT2D eigenvalue weighted by Crippen LogP contribution is -2.06. The van der Waals surface area contributed by atoms with Crippen molar-refractivity contribution < 1.29 is 0 Å². The first-order valence-corrected chi connectivity index (χ1v) is 11.7. The number of anilines is 1. The zero-order chi connectivity index (χ0) is 19.6. The van der Waals surface area contributed by atoms with E-state index in [2.05, 4.69) is 55.5 Å². The number of nitrogens with two attached hydrogens (primary N) is 1. The van der Waals surface area contributed by atoms with Crippen LogP contribution in [0.1, 0.15) is 112 Å². The predicted octanol–water partition coefficient (Wildman–Crippen LogP) is 8.20. The molecule has 1 nitrogen and oxygen atoms in total. The molecule has 1 fully saturated rings. The van der Waals surface area contributed by atoms with E-state index in [1.807, 2.05) is 0 Å². The van der Waals surface area contributed by atoms with E-state index in [1.165, 1.54) is 88.2 Å². The standard InChI is InChI=1S/C27H39N/c1-2-3-4-5-6-10-13-27(25-18-20-26(28)21-19-25)24-16-14-23(15-17-24)22-11-8-7-9-12-22/h14-22,27H,2-13,28H2,1H3. The molecule has 0 bridgehead atoms. The summed E-state index contributed by atoms with van der Waals surface area (Å²) in [5.41, 5.74) is 11.2. The van der Waals surface area contributed by atoms with Gasteiger partial charge in [0, 0.05) is 11.6 Å². The molecule has 1 atom stereocenters. The van der Waals surface area contributed by atoms with Crippen molar-refractivity contribution in [3.8, 4) is 0 Å². The molecular formula is C27H39N. The monoisotopic (exact) mass is 377 g/mol. The Hall–Kier alpha value is -1.76. The van der Waals surface area contributed by atoms with Crippen molar-refractivity contribution in [1.82, 2.24) is 0 Å². The van der Waals surface area contributed by atoms with Crippen molar-refractivity contribution >= 4 is 5.69 Å². The lowest BCUT2D eigenvalue weighted by Gasteiger charge is -2.23. The van der Waals surface area contributed by atoms with E-state index in [1.54, 1.807) is 5.56 Å². The molecule has 2 aromatic rings. The first-order chi connectivity index (χ1) is 13.8. The molecule has 1 unspecified atom stereocenters. The molecule has 0 amide bonds. The SMILES string of the molecule is CCCCCCCCC(c1ccc(N)cc1)c1ccc(C2CCCCC2)cc1. The molecule has 2 N–H and O–H groups in total. The number of unbranched alkanes of at least 4 members (excludes halogenated alkanes) is 5. The predicted molar refractivity (Wildman–Crippen MR) is 123 cm³/mol. The zero-order valence-electron chi connectivity index (χ0n) is 17.8. The van der Waals surface area contributed by atoms with Gasteiger partial charge in [-0.2, -0.15) is 0 Å². The quantitative estimate of drug-likeness (QED) is 0.328. The Labute approximate surface area is 172 Å². The Bertz CT molecular complexity index is 664. The molecule has 0 heterocycles. The fraction of sp³-hybridized carbons (Fsp3) is 0.556. The molecule has 3 rings (SSSR count). The van der Waals surface area contributed by atoms with E-state index < -0.39 is 0 Å². The van der Waals surface area contributed by atoms with Crippen LogP contribution in [0.25, 0.3) is 0 Å². The van der Waals surface area contributed by atoms with Gasteiger partial charge in [-0.05, 0) is 54.0 Å². The summed E-state index contributed by atoms with van der Waals surface area (Å²) in [5.74, 6) is 1.28. The molecule has 28 heavy (non-hydrogen) atoms. The summed E-state index contributed by atoms with van der Waals surface area (Å²) >= 11 is 0. The summed E-state index contributed by atoms with van der Waals surface area (Å²) in [6.45, 7) is 2.29. The van der Waals surface area contributed by atoms with Crippen molar-refractivity contribution in [1.29, 1.82) is 0 Å². The second-order valence-corrected chi connectivity index (χ2v) is 8.78. The Morgan fingerprint density at radius 3 is 1.96 bits per heavy atom. The minimum Gasteiger partial charge on any atom is -0.399 e. The van der Waals surface area contributed by atoms with Gasteiger partial charge in [0.25, 0.3) is 0 Å². The Morgan fingerprint density at radius 2 is 1.32 bits per heavy atom. The van der Waals surface area contributed by atoms with Gasteiger partial charge in [-0.1, -0.05) is 101 Å². The van der Waals surface area contributed by atoms with Crippen LogP contribution in [-0.4, -0.2) is 0 Å². The summed E-state index contributed by atoms with van der Waals surface area (Å²) in [4.78, 5) is 0. The summed E-state index contributed by atoms with van der Waals surface area (Å²) in [5, 5.41) is 0. The molecule has 0 spiro atoms. The topological polar surface area (TPSA) is 26.0 Å². The second kappa shape index (κ2) is 11.3. The molecule has 1 aliphatic carbocycles. The molecule has 152 valence electrons. The molecule has 1 heteroatoms. The van der Waals surface area contributed by atoms with Gasteiger partial charge in [-0.15, -0.1) is 0 Å². The van der Waals surface area contributed by atoms with Crippen LogP contribution in [0.2, 0.25) is 0 Å². The smallest absolute Gasteiger partial charge is 0.0314 e. The second-order valence-electron chi connectivity index (χ2n) is 8.78. The third-order valence-electron chi connectivity index (χ3n) is 6.60. The van der Waals surface area contributed by atoms with Crippen LogP contribution in [0.15, 0.2) is 48.5 Å². The average Bonchev–Trinajstić information content (AvgIpc) is 2.75. The summed E-state index contributed by atoms with van der Waals surface area (Å²) in [6, 6.07) is 18.2. The molecule has 0 aliphatic heterocycles. The number of benzene rings is 2. The van der Waals surface area contributed by atoms with Crippen LogP contribution < -0.4 is 5.73 Å². The summed E-state index contributed by atoms with van der Waals surface area (Å²) in [6.07, 6.45) is 16.3.